The molecule has 2 aromatic rings. The lowest BCUT2D eigenvalue weighted by Gasteiger charge is -2.12. The van der Waals surface area contributed by atoms with E-state index >= 15 is 0 Å². The molecule has 8 heteroatoms. The van der Waals surface area contributed by atoms with Gasteiger partial charge in [-0.15, -0.1) is 6.42 Å². The van der Waals surface area contributed by atoms with Gasteiger partial charge >= 0.3 is 0 Å². The van der Waals surface area contributed by atoms with Crippen molar-refractivity contribution in [1.29, 1.82) is 0 Å². The van der Waals surface area contributed by atoms with E-state index in [1.807, 2.05) is 0 Å². The Morgan fingerprint density at radius 2 is 1.87 bits per heavy atom. The van der Waals surface area contributed by atoms with Crippen LogP contribution in [0.1, 0.15) is 12.5 Å². The molecule has 0 saturated carbocycles. The lowest BCUT2D eigenvalue weighted by Crippen LogP contribution is -2.34. The van der Waals surface area contributed by atoms with E-state index in [9.17, 15) is 9.59 Å². The molecular formula is C22H23N3O5. The zero-order valence-corrected chi connectivity index (χ0v) is 17.0. The average Bonchev–Trinajstić information content (AvgIpc) is 2.77. The van der Waals surface area contributed by atoms with Gasteiger partial charge in [-0.25, -0.2) is 5.43 Å². The molecule has 2 aromatic carbocycles. The SMILES string of the molecule is C#CCOc1c(C=NNC(=O)C(C)C(=O)Nc2ccc(OC)cc2)cccc1OC. The maximum Gasteiger partial charge on any atom is 0.252 e. The standard InChI is InChI=1S/C22H23N3O5/c1-5-13-30-20-16(7-6-8-19(20)29-4)14-23-25-22(27)15(2)21(26)24-17-9-11-18(28-3)12-10-17/h1,6-12,14-15H,13H2,2-4H3,(H,24,26)(H,25,27). The van der Waals surface area contributed by atoms with Gasteiger partial charge in [-0.05, 0) is 43.3 Å². The lowest BCUT2D eigenvalue weighted by atomic mass is 10.1. The van der Waals surface area contributed by atoms with Crippen LogP contribution in [0, 0.1) is 18.3 Å². The monoisotopic (exact) mass is 409 g/mol. The number of hydrazone groups is 1. The van der Waals surface area contributed by atoms with Crippen molar-refractivity contribution in [2.45, 2.75) is 6.92 Å². The first kappa shape index (κ1) is 22.3. The number of terminal acetylenes is 1. The number of amides is 2. The summed E-state index contributed by atoms with van der Waals surface area (Å²) in [4.78, 5) is 24.5. The van der Waals surface area contributed by atoms with Crippen LogP contribution in [0.3, 0.4) is 0 Å². The van der Waals surface area contributed by atoms with Crippen LogP contribution in [0.5, 0.6) is 17.2 Å². The van der Waals surface area contributed by atoms with Crippen LogP contribution in [0.4, 0.5) is 5.69 Å². The Labute approximate surface area is 175 Å². The maximum absolute atomic E-state index is 12.3. The first-order valence-electron chi connectivity index (χ1n) is 9.01. The minimum absolute atomic E-state index is 0.0517. The van der Waals surface area contributed by atoms with Crippen LogP contribution in [0.2, 0.25) is 0 Å². The minimum atomic E-state index is -0.966. The van der Waals surface area contributed by atoms with Crippen molar-refractivity contribution in [2.24, 2.45) is 11.0 Å². The molecule has 0 heterocycles. The summed E-state index contributed by atoms with van der Waals surface area (Å²) in [5, 5.41) is 6.58. The molecule has 0 radical (unpaired) electrons. The highest BCUT2D eigenvalue weighted by molar-refractivity contribution is 6.06. The molecule has 2 N–H and O–H groups in total. The molecule has 0 fully saturated rings. The summed E-state index contributed by atoms with van der Waals surface area (Å²) in [7, 11) is 3.06. The number of hydrogen-bond donors (Lipinski definition) is 2. The number of carbonyl (C=O) groups is 2. The topological polar surface area (TPSA) is 98.2 Å². The molecular weight excluding hydrogens is 386 g/mol. The number of nitrogens with zero attached hydrogens (tertiary/aromatic N) is 1. The molecule has 0 bridgehead atoms. The fourth-order valence-electron chi connectivity index (χ4n) is 2.37. The fraction of sp³-hybridized carbons (Fsp3) is 0.227. The van der Waals surface area contributed by atoms with Gasteiger partial charge in [-0.1, -0.05) is 12.0 Å². The summed E-state index contributed by atoms with van der Waals surface area (Å²) >= 11 is 0. The maximum atomic E-state index is 12.3. The molecule has 0 saturated heterocycles. The average molecular weight is 409 g/mol. The normalized spacial score (nSPS) is 11.3. The molecule has 0 aliphatic carbocycles. The summed E-state index contributed by atoms with van der Waals surface area (Å²) in [5.41, 5.74) is 3.46. The highest BCUT2D eigenvalue weighted by Crippen LogP contribution is 2.29. The van der Waals surface area contributed by atoms with Gasteiger partial charge in [0.05, 0.1) is 20.4 Å². The van der Waals surface area contributed by atoms with Gasteiger partial charge in [-0.3, -0.25) is 9.59 Å². The molecule has 0 aromatic heterocycles. The number of para-hydroxylation sites is 1. The van der Waals surface area contributed by atoms with Crippen molar-refractivity contribution in [1.82, 2.24) is 5.43 Å². The number of rotatable bonds is 9. The number of ether oxygens (including phenoxy) is 3. The first-order valence-corrected chi connectivity index (χ1v) is 9.01. The van der Waals surface area contributed by atoms with Gasteiger partial charge < -0.3 is 19.5 Å². The number of carbonyl (C=O) groups excluding carboxylic acids is 2. The Morgan fingerprint density at radius 3 is 2.50 bits per heavy atom. The minimum Gasteiger partial charge on any atom is -0.497 e. The Hall–Kier alpha value is -3.99. The molecule has 1 atom stereocenters. The highest BCUT2D eigenvalue weighted by Gasteiger charge is 2.21. The quantitative estimate of drug-likeness (QED) is 0.287. The van der Waals surface area contributed by atoms with E-state index in [1.165, 1.54) is 20.2 Å². The number of nitrogens with one attached hydrogen (secondary N) is 2. The largest absolute Gasteiger partial charge is 0.497 e. The molecule has 0 aliphatic heterocycles. The Balaban J connectivity index is 1.99. The second kappa shape index (κ2) is 11.1. The Kier molecular flexibility index (Phi) is 8.27. The lowest BCUT2D eigenvalue weighted by molar-refractivity contribution is -0.131. The van der Waals surface area contributed by atoms with E-state index in [1.54, 1.807) is 49.6 Å². The fourth-order valence-corrected chi connectivity index (χ4v) is 2.37. The van der Waals surface area contributed by atoms with Gasteiger partial charge in [0.25, 0.3) is 5.91 Å². The third-order valence-electron chi connectivity index (χ3n) is 4.05. The van der Waals surface area contributed by atoms with Gasteiger partial charge in [0.2, 0.25) is 5.91 Å². The summed E-state index contributed by atoms with van der Waals surface area (Å²) in [5.74, 6) is 1.93. The van der Waals surface area contributed by atoms with Crippen LogP contribution >= 0.6 is 0 Å². The zero-order valence-electron chi connectivity index (χ0n) is 17.0. The van der Waals surface area contributed by atoms with E-state index in [0.717, 1.165) is 0 Å². The van der Waals surface area contributed by atoms with E-state index in [4.69, 9.17) is 20.6 Å². The van der Waals surface area contributed by atoms with Crippen LogP contribution < -0.4 is 25.0 Å². The summed E-state index contributed by atoms with van der Waals surface area (Å²) in [6.45, 7) is 1.53. The highest BCUT2D eigenvalue weighted by atomic mass is 16.5. The summed E-state index contributed by atoms with van der Waals surface area (Å²) in [6, 6.07) is 12.0. The van der Waals surface area contributed by atoms with E-state index < -0.39 is 17.7 Å². The van der Waals surface area contributed by atoms with E-state index in [2.05, 4.69) is 21.8 Å². The third kappa shape index (κ3) is 6.01. The Morgan fingerprint density at radius 1 is 1.13 bits per heavy atom. The van der Waals surface area contributed by atoms with Crippen LogP contribution in [0.15, 0.2) is 47.6 Å². The van der Waals surface area contributed by atoms with Crippen molar-refractivity contribution in [3.8, 4) is 29.6 Å². The Bertz CT molecular complexity index is 948. The number of methoxy groups -OCH3 is 2. The van der Waals surface area contributed by atoms with Crippen molar-refractivity contribution < 1.29 is 23.8 Å². The van der Waals surface area contributed by atoms with Crippen molar-refractivity contribution in [3.63, 3.8) is 0 Å². The second-order valence-electron chi connectivity index (χ2n) is 6.05. The second-order valence-corrected chi connectivity index (χ2v) is 6.05. The predicted octanol–water partition coefficient (Wildman–Crippen LogP) is 2.44. The molecule has 30 heavy (non-hydrogen) atoms. The van der Waals surface area contributed by atoms with Crippen LogP contribution in [-0.4, -0.2) is 38.9 Å². The van der Waals surface area contributed by atoms with Gasteiger partial charge in [0, 0.05) is 11.3 Å². The molecule has 1 unspecified atom stereocenters. The number of anilines is 1. The van der Waals surface area contributed by atoms with Gasteiger partial charge in [-0.2, -0.15) is 5.10 Å². The molecule has 8 nitrogen and oxygen atoms in total. The first-order chi connectivity index (χ1) is 14.5. The van der Waals surface area contributed by atoms with Crippen LogP contribution in [-0.2, 0) is 9.59 Å². The predicted molar refractivity (Wildman–Crippen MR) is 114 cm³/mol. The van der Waals surface area contributed by atoms with Gasteiger partial charge in [0.1, 0.15) is 18.3 Å². The third-order valence-corrected chi connectivity index (χ3v) is 4.05. The molecule has 0 spiro atoms. The van der Waals surface area contributed by atoms with E-state index in [-0.39, 0.29) is 6.61 Å². The van der Waals surface area contributed by atoms with Crippen molar-refractivity contribution >= 4 is 23.7 Å². The summed E-state index contributed by atoms with van der Waals surface area (Å²) < 4.78 is 15.8. The van der Waals surface area contributed by atoms with Crippen molar-refractivity contribution in [2.75, 3.05) is 26.1 Å². The zero-order chi connectivity index (χ0) is 21.9. The number of hydrogen-bond acceptors (Lipinski definition) is 6. The smallest absolute Gasteiger partial charge is 0.252 e. The molecule has 2 rings (SSSR count). The summed E-state index contributed by atoms with van der Waals surface area (Å²) in [6.07, 6.45) is 6.63. The van der Waals surface area contributed by atoms with Crippen molar-refractivity contribution in [3.05, 3.63) is 48.0 Å². The molecule has 2 amide bonds. The van der Waals surface area contributed by atoms with E-state index in [0.29, 0.717) is 28.5 Å². The van der Waals surface area contributed by atoms with Crippen LogP contribution in [0.25, 0.3) is 0 Å². The molecule has 0 aliphatic rings. The number of benzene rings is 2. The molecule has 156 valence electrons. The van der Waals surface area contributed by atoms with Gasteiger partial charge in [0.15, 0.2) is 11.5 Å².